The van der Waals surface area contributed by atoms with Gasteiger partial charge in [-0.1, -0.05) is 41.9 Å². The number of hydrogen-bond donors (Lipinski definition) is 1. The van der Waals surface area contributed by atoms with E-state index in [1.807, 2.05) is 31.2 Å². The normalized spacial score (nSPS) is 10.2. The number of nitrogens with zero attached hydrogens (tertiary/aromatic N) is 1. The maximum absolute atomic E-state index is 11.0. The third kappa shape index (κ3) is 3.03. The van der Waals surface area contributed by atoms with Crippen LogP contribution in [-0.2, 0) is 6.54 Å². The Kier molecular flexibility index (Phi) is 4.02. The lowest BCUT2D eigenvalue weighted by Gasteiger charge is -2.10. The summed E-state index contributed by atoms with van der Waals surface area (Å²) in [6.45, 7) is 2.50. The molecular formula is C14H13ClN2O2. The number of aryl methyl sites for hydroxylation is 1. The van der Waals surface area contributed by atoms with Crippen LogP contribution in [0.5, 0.6) is 0 Å². The summed E-state index contributed by atoms with van der Waals surface area (Å²) in [6, 6.07) is 12.5. The highest BCUT2D eigenvalue weighted by molar-refractivity contribution is 6.33. The molecule has 98 valence electrons. The number of nitrogens with one attached hydrogen (secondary N) is 1. The van der Waals surface area contributed by atoms with Gasteiger partial charge in [-0.2, -0.15) is 0 Å². The Morgan fingerprint density at radius 1 is 1.21 bits per heavy atom. The van der Waals surface area contributed by atoms with Gasteiger partial charge in [0.1, 0.15) is 5.69 Å². The second-order valence-electron chi connectivity index (χ2n) is 4.17. The van der Waals surface area contributed by atoms with Crippen LogP contribution in [-0.4, -0.2) is 4.92 Å². The molecule has 0 atom stereocenters. The Morgan fingerprint density at radius 3 is 2.63 bits per heavy atom. The predicted molar refractivity (Wildman–Crippen MR) is 76.6 cm³/mol. The largest absolute Gasteiger partial charge is 0.374 e. The summed E-state index contributed by atoms with van der Waals surface area (Å²) in [4.78, 5) is 10.5. The van der Waals surface area contributed by atoms with E-state index in [1.165, 1.54) is 6.07 Å². The molecule has 0 spiro atoms. The van der Waals surface area contributed by atoms with E-state index >= 15 is 0 Å². The number of halogens is 1. The fourth-order valence-electron chi connectivity index (χ4n) is 1.83. The zero-order chi connectivity index (χ0) is 13.8. The minimum absolute atomic E-state index is 0.0129. The minimum Gasteiger partial charge on any atom is -0.374 e. The molecule has 4 nitrogen and oxygen atoms in total. The number of nitro benzene ring substituents is 1. The van der Waals surface area contributed by atoms with Gasteiger partial charge in [0.2, 0.25) is 0 Å². The van der Waals surface area contributed by atoms with Crippen molar-refractivity contribution < 1.29 is 4.92 Å². The summed E-state index contributed by atoms with van der Waals surface area (Å²) < 4.78 is 0. The lowest BCUT2D eigenvalue weighted by atomic mass is 10.1. The molecule has 19 heavy (non-hydrogen) atoms. The standard InChI is InChI=1S/C14H13ClN2O2/c1-10-5-2-3-6-11(10)9-16-14-12(15)7-4-8-13(14)17(18)19/h2-8,16H,9H2,1H3. The number of hydrogen-bond acceptors (Lipinski definition) is 3. The number of para-hydroxylation sites is 1. The van der Waals surface area contributed by atoms with Crippen molar-refractivity contribution in [2.24, 2.45) is 0 Å². The first-order valence-electron chi connectivity index (χ1n) is 5.81. The molecule has 2 aromatic rings. The zero-order valence-corrected chi connectivity index (χ0v) is 11.1. The highest BCUT2D eigenvalue weighted by Crippen LogP contribution is 2.32. The van der Waals surface area contributed by atoms with Crippen molar-refractivity contribution in [2.45, 2.75) is 13.5 Å². The first kappa shape index (κ1) is 13.4. The quantitative estimate of drug-likeness (QED) is 0.673. The van der Waals surface area contributed by atoms with Gasteiger partial charge in [0.15, 0.2) is 0 Å². The van der Waals surface area contributed by atoms with Crippen LogP contribution in [0.4, 0.5) is 11.4 Å². The first-order chi connectivity index (χ1) is 9.09. The number of rotatable bonds is 4. The fraction of sp³-hybridized carbons (Fsp3) is 0.143. The third-order valence-corrected chi connectivity index (χ3v) is 3.22. The summed E-state index contributed by atoms with van der Waals surface area (Å²) in [5.41, 5.74) is 2.56. The highest BCUT2D eigenvalue weighted by atomic mass is 35.5. The van der Waals surface area contributed by atoms with Gasteiger partial charge in [-0.3, -0.25) is 10.1 Å². The van der Waals surface area contributed by atoms with Gasteiger partial charge in [0.25, 0.3) is 5.69 Å². The molecule has 0 aromatic heterocycles. The second kappa shape index (κ2) is 5.71. The molecule has 0 amide bonds. The fourth-order valence-corrected chi connectivity index (χ4v) is 2.07. The van der Waals surface area contributed by atoms with E-state index in [0.717, 1.165) is 11.1 Å². The van der Waals surface area contributed by atoms with E-state index in [1.54, 1.807) is 12.1 Å². The van der Waals surface area contributed by atoms with Crippen LogP contribution in [0.3, 0.4) is 0 Å². The average molecular weight is 277 g/mol. The van der Waals surface area contributed by atoms with E-state index in [0.29, 0.717) is 17.3 Å². The van der Waals surface area contributed by atoms with Crippen molar-refractivity contribution in [3.63, 3.8) is 0 Å². The zero-order valence-electron chi connectivity index (χ0n) is 10.4. The van der Waals surface area contributed by atoms with Crippen molar-refractivity contribution in [3.8, 4) is 0 Å². The van der Waals surface area contributed by atoms with Crippen LogP contribution in [0.15, 0.2) is 42.5 Å². The summed E-state index contributed by atoms with van der Waals surface area (Å²) in [6.07, 6.45) is 0. The minimum atomic E-state index is -0.438. The molecule has 0 heterocycles. The molecule has 2 aromatic carbocycles. The molecular weight excluding hydrogens is 264 g/mol. The topological polar surface area (TPSA) is 55.2 Å². The third-order valence-electron chi connectivity index (χ3n) is 2.91. The monoisotopic (exact) mass is 276 g/mol. The molecule has 0 unspecified atom stereocenters. The summed E-state index contributed by atoms with van der Waals surface area (Å²) >= 11 is 6.01. The van der Waals surface area contributed by atoms with E-state index in [-0.39, 0.29) is 5.69 Å². The highest BCUT2D eigenvalue weighted by Gasteiger charge is 2.16. The Bertz CT molecular complexity index is 614. The SMILES string of the molecule is Cc1ccccc1CNc1c(Cl)cccc1[N+](=O)[O-]. The van der Waals surface area contributed by atoms with Crippen LogP contribution in [0.1, 0.15) is 11.1 Å². The van der Waals surface area contributed by atoms with E-state index in [2.05, 4.69) is 5.32 Å². The molecule has 0 saturated carbocycles. The summed E-state index contributed by atoms with van der Waals surface area (Å²) in [5.74, 6) is 0. The number of nitro groups is 1. The molecule has 1 N–H and O–H groups in total. The summed E-state index contributed by atoms with van der Waals surface area (Å²) in [7, 11) is 0. The Balaban J connectivity index is 2.25. The molecule has 0 fully saturated rings. The van der Waals surface area contributed by atoms with Crippen LogP contribution in [0, 0.1) is 17.0 Å². The second-order valence-corrected chi connectivity index (χ2v) is 4.58. The Hall–Kier alpha value is -2.07. The molecule has 0 aliphatic carbocycles. The Morgan fingerprint density at radius 2 is 1.95 bits per heavy atom. The molecule has 0 bridgehead atoms. The van der Waals surface area contributed by atoms with Gasteiger partial charge in [-0.15, -0.1) is 0 Å². The molecule has 0 aliphatic rings. The van der Waals surface area contributed by atoms with Crippen molar-refractivity contribution >= 4 is 23.0 Å². The van der Waals surface area contributed by atoms with Gasteiger partial charge in [0, 0.05) is 12.6 Å². The van der Waals surface area contributed by atoms with Crippen LogP contribution >= 0.6 is 11.6 Å². The van der Waals surface area contributed by atoms with Crippen molar-refractivity contribution in [1.82, 2.24) is 0 Å². The van der Waals surface area contributed by atoms with E-state index < -0.39 is 4.92 Å². The van der Waals surface area contributed by atoms with E-state index in [9.17, 15) is 10.1 Å². The molecule has 0 saturated heterocycles. The molecule has 0 radical (unpaired) electrons. The Labute approximate surface area is 116 Å². The molecule has 5 heteroatoms. The lowest BCUT2D eigenvalue weighted by Crippen LogP contribution is -2.04. The number of benzene rings is 2. The average Bonchev–Trinajstić information content (AvgIpc) is 2.38. The van der Waals surface area contributed by atoms with Gasteiger partial charge in [0.05, 0.1) is 9.95 Å². The van der Waals surface area contributed by atoms with Crippen LogP contribution in [0.25, 0.3) is 0 Å². The van der Waals surface area contributed by atoms with Crippen LogP contribution < -0.4 is 5.32 Å². The van der Waals surface area contributed by atoms with E-state index in [4.69, 9.17) is 11.6 Å². The smallest absolute Gasteiger partial charge is 0.293 e. The van der Waals surface area contributed by atoms with Crippen molar-refractivity contribution in [2.75, 3.05) is 5.32 Å². The van der Waals surface area contributed by atoms with Gasteiger partial charge in [-0.25, -0.2) is 0 Å². The predicted octanol–water partition coefficient (Wildman–Crippen LogP) is 4.17. The van der Waals surface area contributed by atoms with Crippen molar-refractivity contribution in [1.29, 1.82) is 0 Å². The van der Waals surface area contributed by atoms with Gasteiger partial charge in [-0.05, 0) is 24.1 Å². The summed E-state index contributed by atoms with van der Waals surface area (Å²) in [5, 5.41) is 14.4. The van der Waals surface area contributed by atoms with Crippen molar-refractivity contribution in [3.05, 3.63) is 68.7 Å². The van der Waals surface area contributed by atoms with Crippen LogP contribution in [0.2, 0.25) is 5.02 Å². The molecule has 2 rings (SSSR count). The van der Waals surface area contributed by atoms with Gasteiger partial charge >= 0.3 is 0 Å². The van der Waals surface area contributed by atoms with Gasteiger partial charge < -0.3 is 5.32 Å². The molecule has 0 aliphatic heterocycles. The maximum Gasteiger partial charge on any atom is 0.293 e. The number of anilines is 1. The maximum atomic E-state index is 11.0. The lowest BCUT2D eigenvalue weighted by molar-refractivity contribution is -0.383. The first-order valence-corrected chi connectivity index (χ1v) is 6.18.